The van der Waals surface area contributed by atoms with E-state index in [0.29, 0.717) is 0 Å². The van der Waals surface area contributed by atoms with E-state index in [-0.39, 0.29) is 23.9 Å². The Bertz CT molecular complexity index is 253. The maximum Gasteiger partial charge on any atom is 0.223 e. The standard InChI is InChI=1S/C14H29N3O/c1-4-17(5-2)10-11(3)16-14(18)12-7-6-8-13(15)9-12/h11-13H,4-10,15H2,1-3H3,(H,16,18). The zero-order valence-corrected chi connectivity index (χ0v) is 12.1. The maximum absolute atomic E-state index is 12.1. The Labute approximate surface area is 111 Å². The molecular weight excluding hydrogens is 226 g/mol. The van der Waals surface area contributed by atoms with Gasteiger partial charge in [-0.05, 0) is 39.3 Å². The highest BCUT2D eigenvalue weighted by atomic mass is 16.1. The Morgan fingerprint density at radius 2 is 2.06 bits per heavy atom. The Balaban J connectivity index is 2.34. The minimum Gasteiger partial charge on any atom is -0.352 e. The van der Waals surface area contributed by atoms with Crippen LogP contribution in [0.5, 0.6) is 0 Å². The predicted octanol–water partition coefficient (Wildman–Crippen LogP) is 1.35. The van der Waals surface area contributed by atoms with Gasteiger partial charge in [0.15, 0.2) is 0 Å². The summed E-state index contributed by atoms with van der Waals surface area (Å²) in [6.07, 6.45) is 4.00. The molecule has 0 aliphatic heterocycles. The normalized spacial score (nSPS) is 26.1. The number of likely N-dealkylation sites (N-methyl/N-ethyl adjacent to an activating group) is 1. The lowest BCUT2D eigenvalue weighted by molar-refractivity contribution is -0.126. The molecule has 0 spiro atoms. The number of nitrogens with two attached hydrogens (primary N) is 1. The summed E-state index contributed by atoms with van der Waals surface area (Å²) in [5.41, 5.74) is 5.93. The molecule has 1 amide bonds. The summed E-state index contributed by atoms with van der Waals surface area (Å²) in [6, 6.07) is 0.433. The monoisotopic (exact) mass is 255 g/mol. The molecule has 1 aliphatic rings. The Hall–Kier alpha value is -0.610. The first-order valence-corrected chi connectivity index (χ1v) is 7.35. The third-order valence-electron chi connectivity index (χ3n) is 3.90. The molecule has 1 fully saturated rings. The van der Waals surface area contributed by atoms with Gasteiger partial charge < -0.3 is 16.0 Å². The van der Waals surface area contributed by atoms with E-state index >= 15 is 0 Å². The first-order valence-electron chi connectivity index (χ1n) is 7.35. The first kappa shape index (κ1) is 15.4. The molecule has 3 N–H and O–H groups in total. The van der Waals surface area contributed by atoms with Gasteiger partial charge in [0.2, 0.25) is 5.91 Å². The molecule has 4 nitrogen and oxygen atoms in total. The molecule has 106 valence electrons. The van der Waals surface area contributed by atoms with Gasteiger partial charge in [0.1, 0.15) is 0 Å². The second-order valence-electron chi connectivity index (χ2n) is 5.52. The molecule has 0 saturated heterocycles. The van der Waals surface area contributed by atoms with Crippen molar-refractivity contribution >= 4 is 5.91 Å². The van der Waals surface area contributed by atoms with Crippen molar-refractivity contribution in [1.29, 1.82) is 0 Å². The van der Waals surface area contributed by atoms with Gasteiger partial charge in [-0.2, -0.15) is 0 Å². The van der Waals surface area contributed by atoms with Gasteiger partial charge in [0, 0.05) is 24.5 Å². The van der Waals surface area contributed by atoms with Gasteiger partial charge in [-0.25, -0.2) is 0 Å². The van der Waals surface area contributed by atoms with Crippen molar-refractivity contribution in [1.82, 2.24) is 10.2 Å². The highest BCUT2D eigenvalue weighted by Crippen LogP contribution is 2.23. The molecule has 1 rings (SSSR count). The molecule has 4 heteroatoms. The highest BCUT2D eigenvalue weighted by molar-refractivity contribution is 5.79. The zero-order chi connectivity index (χ0) is 13.5. The van der Waals surface area contributed by atoms with Crippen LogP contribution >= 0.6 is 0 Å². The van der Waals surface area contributed by atoms with Gasteiger partial charge in [-0.1, -0.05) is 20.3 Å². The third kappa shape index (κ3) is 4.94. The van der Waals surface area contributed by atoms with Crippen molar-refractivity contribution in [3.8, 4) is 0 Å². The fourth-order valence-corrected chi connectivity index (χ4v) is 2.74. The minimum absolute atomic E-state index is 0.132. The molecule has 18 heavy (non-hydrogen) atoms. The van der Waals surface area contributed by atoms with Gasteiger partial charge in [-0.15, -0.1) is 0 Å². The summed E-state index contributed by atoms with van der Waals surface area (Å²) in [6.45, 7) is 9.38. The van der Waals surface area contributed by atoms with Gasteiger partial charge in [0.05, 0.1) is 0 Å². The van der Waals surface area contributed by atoms with Crippen LogP contribution in [0.4, 0.5) is 0 Å². The smallest absolute Gasteiger partial charge is 0.223 e. The van der Waals surface area contributed by atoms with E-state index in [4.69, 9.17) is 5.73 Å². The first-order chi connectivity index (χ1) is 8.56. The van der Waals surface area contributed by atoms with E-state index in [2.05, 4.69) is 31.0 Å². The van der Waals surface area contributed by atoms with Crippen LogP contribution in [-0.2, 0) is 4.79 Å². The summed E-state index contributed by atoms with van der Waals surface area (Å²) in [7, 11) is 0. The van der Waals surface area contributed by atoms with E-state index < -0.39 is 0 Å². The van der Waals surface area contributed by atoms with E-state index in [1.165, 1.54) is 0 Å². The van der Waals surface area contributed by atoms with Crippen molar-refractivity contribution in [2.24, 2.45) is 11.7 Å². The Morgan fingerprint density at radius 3 is 2.61 bits per heavy atom. The summed E-state index contributed by atoms with van der Waals surface area (Å²) in [5.74, 6) is 0.331. The molecule has 0 aromatic heterocycles. The maximum atomic E-state index is 12.1. The van der Waals surface area contributed by atoms with E-state index in [0.717, 1.165) is 45.3 Å². The molecule has 0 aromatic rings. The van der Waals surface area contributed by atoms with Crippen molar-refractivity contribution in [2.45, 2.75) is 58.5 Å². The minimum atomic E-state index is 0.132. The average molecular weight is 255 g/mol. The second-order valence-corrected chi connectivity index (χ2v) is 5.52. The Kier molecular flexibility index (Phi) is 6.65. The van der Waals surface area contributed by atoms with Crippen LogP contribution in [0, 0.1) is 5.92 Å². The summed E-state index contributed by atoms with van der Waals surface area (Å²) >= 11 is 0. The quantitative estimate of drug-likeness (QED) is 0.753. The number of hydrogen-bond acceptors (Lipinski definition) is 3. The van der Waals surface area contributed by atoms with E-state index in [9.17, 15) is 4.79 Å². The highest BCUT2D eigenvalue weighted by Gasteiger charge is 2.26. The molecule has 1 saturated carbocycles. The number of rotatable bonds is 6. The fraction of sp³-hybridized carbons (Fsp3) is 0.929. The largest absolute Gasteiger partial charge is 0.352 e. The molecule has 3 atom stereocenters. The van der Waals surface area contributed by atoms with Gasteiger partial charge >= 0.3 is 0 Å². The SMILES string of the molecule is CCN(CC)CC(C)NC(=O)C1CCCC(N)C1. The van der Waals surface area contributed by atoms with Crippen molar-refractivity contribution in [2.75, 3.05) is 19.6 Å². The number of hydrogen-bond donors (Lipinski definition) is 2. The lowest BCUT2D eigenvalue weighted by Gasteiger charge is -2.28. The number of carbonyl (C=O) groups is 1. The molecule has 0 heterocycles. The van der Waals surface area contributed by atoms with E-state index in [1.54, 1.807) is 0 Å². The van der Waals surface area contributed by atoms with Crippen molar-refractivity contribution in [3.05, 3.63) is 0 Å². The van der Waals surface area contributed by atoms with E-state index in [1.807, 2.05) is 0 Å². The lowest BCUT2D eigenvalue weighted by atomic mass is 9.85. The molecule has 3 unspecified atom stereocenters. The molecule has 1 aliphatic carbocycles. The second kappa shape index (κ2) is 7.74. The summed E-state index contributed by atoms with van der Waals surface area (Å²) in [5, 5.41) is 3.13. The number of carbonyl (C=O) groups excluding carboxylic acids is 1. The van der Waals surface area contributed by atoms with Gasteiger partial charge in [0.25, 0.3) is 0 Å². The number of amides is 1. The van der Waals surface area contributed by atoms with Crippen LogP contribution in [0.1, 0.15) is 46.5 Å². The molecule has 0 aromatic carbocycles. The Morgan fingerprint density at radius 1 is 1.39 bits per heavy atom. The lowest BCUT2D eigenvalue weighted by Crippen LogP contribution is -2.45. The average Bonchev–Trinajstić information content (AvgIpc) is 2.35. The molecular formula is C14H29N3O. The van der Waals surface area contributed by atoms with Crippen molar-refractivity contribution in [3.63, 3.8) is 0 Å². The van der Waals surface area contributed by atoms with Crippen LogP contribution in [0.25, 0.3) is 0 Å². The zero-order valence-electron chi connectivity index (χ0n) is 12.1. The van der Waals surface area contributed by atoms with Crippen LogP contribution in [-0.4, -0.2) is 42.5 Å². The molecule has 0 radical (unpaired) electrons. The molecule has 0 bridgehead atoms. The van der Waals surface area contributed by atoms with Crippen LogP contribution in [0.3, 0.4) is 0 Å². The third-order valence-corrected chi connectivity index (χ3v) is 3.90. The number of nitrogens with zero attached hydrogens (tertiary/aromatic N) is 1. The van der Waals surface area contributed by atoms with Gasteiger partial charge in [-0.3, -0.25) is 4.79 Å². The summed E-state index contributed by atoms with van der Waals surface area (Å²) in [4.78, 5) is 14.5. The van der Waals surface area contributed by atoms with Crippen molar-refractivity contribution < 1.29 is 4.79 Å². The fourth-order valence-electron chi connectivity index (χ4n) is 2.74. The van der Waals surface area contributed by atoms with Crippen LogP contribution in [0.2, 0.25) is 0 Å². The topological polar surface area (TPSA) is 58.4 Å². The van der Waals surface area contributed by atoms with Crippen LogP contribution < -0.4 is 11.1 Å². The van der Waals surface area contributed by atoms with Crippen LogP contribution in [0.15, 0.2) is 0 Å². The summed E-state index contributed by atoms with van der Waals surface area (Å²) < 4.78 is 0. The predicted molar refractivity (Wildman–Crippen MR) is 75.3 cm³/mol. The number of nitrogens with one attached hydrogen (secondary N) is 1.